The molecular formula is C9H15BrN2OS. The number of rotatable bonds is 6. The fourth-order valence-corrected chi connectivity index (χ4v) is 2.74. The van der Waals surface area contributed by atoms with Crippen LogP contribution in [0.15, 0.2) is 15.2 Å². The molecule has 1 aromatic rings. The van der Waals surface area contributed by atoms with Gasteiger partial charge in [0.2, 0.25) is 0 Å². The van der Waals surface area contributed by atoms with E-state index in [1.165, 1.54) is 0 Å². The Balaban J connectivity index is 2.50. The summed E-state index contributed by atoms with van der Waals surface area (Å²) in [6.45, 7) is 3.48. The maximum atomic E-state index is 5.47. The van der Waals surface area contributed by atoms with Crippen LogP contribution in [0, 0.1) is 0 Å². The van der Waals surface area contributed by atoms with E-state index in [0.29, 0.717) is 6.61 Å². The van der Waals surface area contributed by atoms with Crippen molar-refractivity contribution in [1.29, 1.82) is 0 Å². The van der Waals surface area contributed by atoms with Gasteiger partial charge in [0.1, 0.15) is 0 Å². The Morgan fingerprint density at radius 3 is 2.93 bits per heavy atom. The maximum Gasteiger partial charge on any atom is 0.0712 e. The zero-order valence-corrected chi connectivity index (χ0v) is 10.5. The normalized spacial score (nSPS) is 13.1. The highest BCUT2D eigenvalue weighted by Gasteiger charge is 2.13. The quantitative estimate of drug-likeness (QED) is 0.477. The van der Waals surface area contributed by atoms with Crippen LogP contribution in [0.1, 0.15) is 24.9 Å². The van der Waals surface area contributed by atoms with Crippen LogP contribution in [0.2, 0.25) is 0 Å². The summed E-state index contributed by atoms with van der Waals surface area (Å²) in [6, 6.07) is 0.0715. The van der Waals surface area contributed by atoms with Gasteiger partial charge in [-0.3, -0.25) is 11.3 Å². The molecule has 0 spiro atoms. The first-order chi connectivity index (χ1) is 6.79. The van der Waals surface area contributed by atoms with Gasteiger partial charge in [-0.2, -0.15) is 11.3 Å². The van der Waals surface area contributed by atoms with Crippen LogP contribution in [0.3, 0.4) is 0 Å². The molecule has 1 aromatic heterocycles. The molecule has 1 rings (SSSR count). The zero-order valence-electron chi connectivity index (χ0n) is 8.13. The van der Waals surface area contributed by atoms with E-state index in [1.807, 2.05) is 5.38 Å². The minimum absolute atomic E-state index is 0.0715. The van der Waals surface area contributed by atoms with Crippen LogP contribution in [-0.2, 0) is 4.74 Å². The van der Waals surface area contributed by atoms with Crippen molar-refractivity contribution in [1.82, 2.24) is 5.43 Å². The lowest BCUT2D eigenvalue weighted by molar-refractivity contribution is 0.112. The maximum absolute atomic E-state index is 5.47. The summed E-state index contributed by atoms with van der Waals surface area (Å²) in [5.74, 6) is 5.47. The predicted molar refractivity (Wildman–Crippen MR) is 63.2 cm³/mol. The van der Waals surface area contributed by atoms with Crippen LogP contribution in [0.4, 0.5) is 0 Å². The second kappa shape index (κ2) is 6.53. The molecule has 0 fully saturated rings. The average molecular weight is 279 g/mol. The number of thiophene rings is 1. The molecule has 0 saturated heterocycles. The third-order valence-corrected chi connectivity index (χ3v) is 3.60. The second-order valence-corrected chi connectivity index (χ2v) is 4.57. The lowest BCUT2D eigenvalue weighted by atomic mass is 10.2. The first kappa shape index (κ1) is 12.1. The highest BCUT2D eigenvalue weighted by molar-refractivity contribution is 9.10. The Morgan fingerprint density at radius 1 is 1.64 bits per heavy atom. The number of nitrogens with one attached hydrogen (secondary N) is 1. The fraction of sp³-hybridized carbons (Fsp3) is 0.556. The number of hydrazine groups is 1. The van der Waals surface area contributed by atoms with E-state index in [0.717, 1.165) is 23.1 Å². The fourth-order valence-electron chi connectivity index (χ4n) is 1.11. The zero-order chi connectivity index (χ0) is 10.4. The standard InChI is InChI=1S/C9H15BrN2OS/c1-2-3-13-4-9(12-11)7-5-14-6-8(7)10/h5-6,9,12H,2-4,11H2,1H3. The lowest BCUT2D eigenvalue weighted by Crippen LogP contribution is -2.31. The third kappa shape index (κ3) is 3.33. The molecule has 3 nitrogen and oxygen atoms in total. The van der Waals surface area contributed by atoms with Gasteiger partial charge in [0.25, 0.3) is 0 Å². The molecule has 1 unspecified atom stereocenters. The smallest absolute Gasteiger partial charge is 0.0712 e. The number of ether oxygens (including phenoxy) is 1. The Morgan fingerprint density at radius 2 is 2.43 bits per heavy atom. The highest BCUT2D eigenvalue weighted by Crippen LogP contribution is 2.27. The summed E-state index contributed by atoms with van der Waals surface area (Å²) in [7, 11) is 0. The van der Waals surface area contributed by atoms with Crippen LogP contribution >= 0.6 is 27.3 Å². The monoisotopic (exact) mass is 278 g/mol. The van der Waals surface area contributed by atoms with Gasteiger partial charge in [-0.1, -0.05) is 6.92 Å². The van der Waals surface area contributed by atoms with E-state index >= 15 is 0 Å². The summed E-state index contributed by atoms with van der Waals surface area (Å²) in [5.41, 5.74) is 3.92. The van der Waals surface area contributed by atoms with E-state index in [-0.39, 0.29) is 6.04 Å². The number of nitrogens with two attached hydrogens (primary N) is 1. The molecule has 0 radical (unpaired) electrons. The minimum atomic E-state index is 0.0715. The van der Waals surface area contributed by atoms with Gasteiger partial charge < -0.3 is 4.74 Å². The van der Waals surface area contributed by atoms with Gasteiger partial charge in [0.05, 0.1) is 12.6 Å². The van der Waals surface area contributed by atoms with Crippen molar-refractivity contribution in [2.24, 2.45) is 5.84 Å². The molecule has 3 N–H and O–H groups in total. The molecule has 1 heterocycles. The van der Waals surface area contributed by atoms with Gasteiger partial charge >= 0.3 is 0 Å². The topological polar surface area (TPSA) is 47.3 Å². The van der Waals surface area contributed by atoms with Crippen molar-refractivity contribution in [3.8, 4) is 0 Å². The molecule has 0 saturated carbocycles. The molecule has 0 amide bonds. The van der Waals surface area contributed by atoms with Crippen LogP contribution in [0.5, 0.6) is 0 Å². The van der Waals surface area contributed by atoms with E-state index in [4.69, 9.17) is 10.6 Å². The molecular weight excluding hydrogens is 264 g/mol. The van der Waals surface area contributed by atoms with E-state index in [9.17, 15) is 0 Å². The van der Waals surface area contributed by atoms with E-state index in [1.54, 1.807) is 11.3 Å². The van der Waals surface area contributed by atoms with Crippen molar-refractivity contribution in [3.05, 3.63) is 20.8 Å². The largest absolute Gasteiger partial charge is 0.379 e. The van der Waals surface area contributed by atoms with E-state index < -0.39 is 0 Å². The van der Waals surface area contributed by atoms with Crippen molar-refractivity contribution in [3.63, 3.8) is 0 Å². The van der Waals surface area contributed by atoms with Crippen molar-refractivity contribution in [2.45, 2.75) is 19.4 Å². The first-order valence-corrected chi connectivity index (χ1v) is 6.28. The van der Waals surface area contributed by atoms with Crippen LogP contribution < -0.4 is 11.3 Å². The van der Waals surface area contributed by atoms with Crippen molar-refractivity contribution in [2.75, 3.05) is 13.2 Å². The van der Waals surface area contributed by atoms with Crippen LogP contribution in [-0.4, -0.2) is 13.2 Å². The van der Waals surface area contributed by atoms with Gasteiger partial charge in [-0.15, -0.1) is 0 Å². The molecule has 0 aliphatic carbocycles. The third-order valence-electron chi connectivity index (χ3n) is 1.85. The summed E-state index contributed by atoms with van der Waals surface area (Å²) in [5, 5.41) is 4.11. The Hall–Kier alpha value is 0.0600. The molecule has 0 aliphatic heterocycles. The van der Waals surface area contributed by atoms with Gasteiger partial charge in [0.15, 0.2) is 0 Å². The minimum Gasteiger partial charge on any atom is -0.379 e. The molecule has 0 aliphatic rings. The molecule has 5 heteroatoms. The average Bonchev–Trinajstić information content (AvgIpc) is 2.60. The summed E-state index contributed by atoms with van der Waals surface area (Å²) in [6.07, 6.45) is 1.03. The molecule has 0 aromatic carbocycles. The summed E-state index contributed by atoms with van der Waals surface area (Å²) >= 11 is 5.13. The van der Waals surface area contributed by atoms with E-state index in [2.05, 4.69) is 33.7 Å². The molecule has 0 bridgehead atoms. The number of halogens is 1. The Bertz CT molecular complexity index is 267. The van der Waals surface area contributed by atoms with Crippen molar-refractivity contribution < 1.29 is 4.74 Å². The Labute approximate surface area is 96.7 Å². The Kier molecular flexibility index (Phi) is 5.66. The lowest BCUT2D eigenvalue weighted by Gasteiger charge is -2.15. The van der Waals surface area contributed by atoms with Gasteiger partial charge in [-0.05, 0) is 33.3 Å². The molecule has 80 valence electrons. The first-order valence-electron chi connectivity index (χ1n) is 4.55. The van der Waals surface area contributed by atoms with Crippen molar-refractivity contribution >= 4 is 27.3 Å². The van der Waals surface area contributed by atoms with Crippen LogP contribution in [0.25, 0.3) is 0 Å². The number of hydrogen-bond acceptors (Lipinski definition) is 4. The predicted octanol–water partition coefficient (Wildman–Crippen LogP) is 2.44. The summed E-state index contributed by atoms with van der Waals surface area (Å²) in [4.78, 5) is 0. The molecule has 1 atom stereocenters. The number of hydrogen-bond donors (Lipinski definition) is 2. The van der Waals surface area contributed by atoms with Gasteiger partial charge in [-0.25, -0.2) is 0 Å². The molecule has 14 heavy (non-hydrogen) atoms. The SMILES string of the molecule is CCCOCC(NN)c1cscc1Br. The van der Waals surface area contributed by atoms with Gasteiger partial charge in [0, 0.05) is 16.5 Å². The second-order valence-electron chi connectivity index (χ2n) is 2.97. The summed E-state index contributed by atoms with van der Waals surface area (Å²) < 4.78 is 6.54. The highest BCUT2D eigenvalue weighted by atomic mass is 79.9.